The van der Waals surface area contributed by atoms with Crippen molar-refractivity contribution >= 4 is 23.6 Å². The van der Waals surface area contributed by atoms with Gasteiger partial charge < -0.3 is 15.4 Å². The van der Waals surface area contributed by atoms with Gasteiger partial charge in [-0.1, -0.05) is 12.1 Å². The minimum absolute atomic E-state index is 0.0936. The third-order valence-electron chi connectivity index (χ3n) is 2.60. The Labute approximate surface area is 127 Å². The van der Waals surface area contributed by atoms with Crippen molar-refractivity contribution in [2.45, 2.75) is 0 Å². The van der Waals surface area contributed by atoms with Crippen molar-refractivity contribution in [3.8, 4) is 0 Å². The highest BCUT2D eigenvalue weighted by atomic mass is 16.6. The summed E-state index contributed by atoms with van der Waals surface area (Å²) >= 11 is 0. The second-order valence-electron chi connectivity index (χ2n) is 4.21. The molecule has 0 atom stereocenters. The third kappa shape index (κ3) is 6.14. The number of methoxy groups -OCH3 is 1. The molecule has 1 aromatic rings. The molecule has 0 fully saturated rings. The van der Waals surface area contributed by atoms with Crippen molar-refractivity contribution in [1.82, 2.24) is 10.6 Å². The van der Waals surface area contributed by atoms with E-state index in [0.717, 1.165) is 6.08 Å². The van der Waals surface area contributed by atoms with Crippen molar-refractivity contribution in [3.63, 3.8) is 0 Å². The Kier molecular flexibility index (Phi) is 7.27. The van der Waals surface area contributed by atoms with Crippen LogP contribution in [0.25, 0.3) is 6.08 Å². The predicted octanol–water partition coefficient (Wildman–Crippen LogP) is 0.487. The predicted molar refractivity (Wildman–Crippen MR) is 80.0 cm³/mol. The van der Waals surface area contributed by atoms with E-state index in [1.165, 1.54) is 25.3 Å². The minimum atomic E-state index is -0.527. The van der Waals surface area contributed by atoms with Crippen LogP contribution in [0.5, 0.6) is 0 Å². The quantitative estimate of drug-likeness (QED) is 0.314. The van der Waals surface area contributed by atoms with Gasteiger partial charge in [-0.2, -0.15) is 0 Å². The van der Waals surface area contributed by atoms with Crippen LogP contribution in [0.1, 0.15) is 5.56 Å². The molecule has 118 valence electrons. The third-order valence-corrected chi connectivity index (χ3v) is 2.60. The second kappa shape index (κ2) is 9.24. The van der Waals surface area contributed by atoms with Crippen LogP contribution in [0.4, 0.5) is 5.69 Å². The van der Waals surface area contributed by atoms with Crippen LogP contribution < -0.4 is 10.6 Å². The van der Waals surface area contributed by atoms with Crippen LogP contribution in [0.2, 0.25) is 0 Å². The molecule has 1 aromatic carbocycles. The Morgan fingerprint density at radius 1 is 1.32 bits per heavy atom. The van der Waals surface area contributed by atoms with Crippen molar-refractivity contribution < 1.29 is 19.2 Å². The zero-order valence-electron chi connectivity index (χ0n) is 12.1. The maximum absolute atomic E-state index is 11.6. The van der Waals surface area contributed by atoms with Crippen molar-refractivity contribution in [3.05, 3.63) is 46.0 Å². The Morgan fingerprint density at radius 3 is 2.73 bits per heavy atom. The number of hydrogen-bond donors (Lipinski definition) is 2. The van der Waals surface area contributed by atoms with Gasteiger partial charge in [-0.15, -0.1) is 0 Å². The van der Waals surface area contributed by atoms with Crippen LogP contribution in [-0.2, 0) is 14.3 Å². The topological polar surface area (TPSA) is 111 Å². The zero-order chi connectivity index (χ0) is 16.4. The fourth-order valence-electron chi connectivity index (χ4n) is 1.54. The Morgan fingerprint density at radius 2 is 2.05 bits per heavy atom. The number of nitro benzene ring substituents is 1. The van der Waals surface area contributed by atoms with E-state index in [4.69, 9.17) is 4.74 Å². The average Bonchev–Trinajstić information content (AvgIpc) is 2.51. The van der Waals surface area contributed by atoms with Gasteiger partial charge in [0.2, 0.25) is 11.8 Å². The first-order valence-corrected chi connectivity index (χ1v) is 6.49. The number of carbonyl (C=O) groups excluding carboxylic acids is 2. The molecule has 0 aliphatic rings. The van der Waals surface area contributed by atoms with E-state index in [9.17, 15) is 19.7 Å². The zero-order valence-corrected chi connectivity index (χ0v) is 12.1. The van der Waals surface area contributed by atoms with Crippen LogP contribution in [0, 0.1) is 10.1 Å². The summed E-state index contributed by atoms with van der Waals surface area (Å²) in [5, 5.41) is 15.7. The van der Waals surface area contributed by atoms with Gasteiger partial charge in [0.1, 0.15) is 0 Å². The number of hydrogen-bond acceptors (Lipinski definition) is 5. The van der Waals surface area contributed by atoms with Gasteiger partial charge in [-0.25, -0.2) is 0 Å². The Bertz CT molecular complexity index is 571. The lowest BCUT2D eigenvalue weighted by Crippen LogP contribution is -2.37. The van der Waals surface area contributed by atoms with Crippen molar-refractivity contribution in [2.75, 3.05) is 26.8 Å². The summed E-state index contributed by atoms with van der Waals surface area (Å²) in [6, 6.07) is 6.05. The molecule has 0 aliphatic carbocycles. The molecule has 0 saturated heterocycles. The molecule has 0 unspecified atom stereocenters. The summed E-state index contributed by atoms with van der Waals surface area (Å²) < 4.78 is 4.77. The monoisotopic (exact) mass is 307 g/mol. The first kappa shape index (κ1) is 17.3. The molecule has 0 bridgehead atoms. The van der Waals surface area contributed by atoms with Gasteiger partial charge in [0.25, 0.3) is 5.69 Å². The molecule has 2 amide bonds. The van der Waals surface area contributed by atoms with E-state index < -0.39 is 10.8 Å². The van der Waals surface area contributed by atoms with E-state index in [1.54, 1.807) is 12.1 Å². The highest BCUT2D eigenvalue weighted by Crippen LogP contribution is 2.18. The summed E-state index contributed by atoms with van der Waals surface area (Å²) in [5.41, 5.74) is 0.219. The average molecular weight is 307 g/mol. The second-order valence-corrected chi connectivity index (χ2v) is 4.21. The van der Waals surface area contributed by atoms with Crippen LogP contribution >= 0.6 is 0 Å². The molecule has 0 heterocycles. The van der Waals surface area contributed by atoms with E-state index in [1.807, 2.05) is 0 Å². The molecular formula is C14H17N3O5. The van der Waals surface area contributed by atoms with Gasteiger partial charge in [-0.3, -0.25) is 19.7 Å². The lowest BCUT2D eigenvalue weighted by molar-refractivity contribution is -0.385. The minimum Gasteiger partial charge on any atom is -0.383 e. The van der Waals surface area contributed by atoms with Gasteiger partial charge in [-0.05, 0) is 12.1 Å². The molecule has 0 spiro atoms. The molecule has 1 rings (SSSR count). The van der Waals surface area contributed by atoms with E-state index >= 15 is 0 Å². The van der Waals surface area contributed by atoms with Crippen molar-refractivity contribution in [2.24, 2.45) is 0 Å². The van der Waals surface area contributed by atoms with Gasteiger partial charge in [0.05, 0.1) is 23.6 Å². The standard InChI is InChI=1S/C14H17N3O5/c1-22-9-8-15-14(19)10-16-13(18)7-6-11-4-2-3-5-12(11)17(20)21/h2-7H,8-10H2,1H3,(H,15,19)(H,16,18)/b7-6+. The molecule has 0 aliphatic heterocycles. The molecule has 0 saturated carbocycles. The van der Waals surface area contributed by atoms with Crippen molar-refractivity contribution in [1.29, 1.82) is 0 Å². The number of nitrogens with one attached hydrogen (secondary N) is 2. The maximum atomic E-state index is 11.6. The summed E-state index contributed by atoms with van der Waals surface area (Å²) in [6.45, 7) is 0.568. The van der Waals surface area contributed by atoms with Gasteiger partial charge in [0.15, 0.2) is 0 Å². The van der Waals surface area contributed by atoms with Gasteiger partial charge in [0, 0.05) is 25.8 Å². The van der Waals surface area contributed by atoms with E-state index in [2.05, 4.69) is 10.6 Å². The smallest absolute Gasteiger partial charge is 0.276 e. The molecular weight excluding hydrogens is 290 g/mol. The Balaban J connectivity index is 2.48. The van der Waals surface area contributed by atoms with E-state index in [0.29, 0.717) is 18.7 Å². The van der Waals surface area contributed by atoms with E-state index in [-0.39, 0.29) is 18.1 Å². The van der Waals surface area contributed by atoms with Crippen LogP contribution in [0.15, 0.2) is 30.3 Å². The summed E-state index contributed by atoms with van der Waals surface area (Å²) in [4.78, 5) is 33.2. The number of amides is 2. The maximum Gasteiger partial charge on any atom is 0.276 e. The highest BCUT2D eigenvalue weighted by molar-refractivity contribution is 5.94. The lowest BCUT2D eigenvalue weighted by atomic mass is 10.1. The highest BCUT2D eigenvalue weighted by Gasteiger charge is 2.09. The molecule has 8 nitrogen and oxygen atoms in total. The number of nitro groups is 1. The number of nitrogens with zero attached hydrogens (tertiary/aromatic N) is 1. The summed E-state index contributed by atoms with van der Waals surface area (Å²) in [7, 11) is 1.52. The number of rotatable bonds is 8. The molecule has 0 aromatic heterocycles. The molecule has 0 radical (unpaired) electrons. The molecule has 2 N–H and O–H groups in total. The number of ether oxygens (including phenoxy) is 1. The number of carbonyl (C=O) groups is 2. The normalized spacial score (nSPS) is 10.4. The summed E-state index contributed by atoms with van der Waals surface area (Å²) in [6.07, 6.45) is 2.47. The van der Waals surface area contributed by atoms with Crippen LogP contribution in [0.3, 0.4) is 0 Å². The number of benzene rings is 1. The fraction of sp³-hybridized carbons (Fsp3) is 0.286. The molecule has 8 heteroatoms. The lowest BCUT2D eigenvalue weighted by Gasteiger charge is -2.04. The Hall–Kier alpha value is -2.74. The first-order valence-electron chi connectivity index (χ1n) is 6.49. The summed E-state index contributed by atoms with van der Waals surface area (Å²) in [5.74, 6) is -0.857. The SMILES string of the molecule is COCCNC(=O)CNC(=O)/C=C/c1ccccc1[N+](=O)[O-]. The number of para-hydroxylation sites is 1. The van der Waals surface area contributed by atoms with Crippen LogP contribution in [-0.4, -0.2) is 43.5 Å². The van der Waals surface area contributed by atoms with Gasteiger partial charge >= 0.3 is 0 Å². The molecule has 22 heavy (non-hydrogen) atoms. The first-order chi connectivity index (χ1) is 10.5. The largest absolute Gasteiger partial charge is 0.383 e. The fourth-order valence-corrected chi connectivity index (χ4v) is 1.54.